The molecule has 140 valence electrons. The van der Waals surface area contributed by atoms with Crippen molar-refractivity contribution >= 4 is 85.4 Å². The predicted octanol–water partition coefficient (Wildman–Crippen LogP) is 4.45. The van der Waals surface area contributed by atoms with Crippen LogP contribution in [0.2, 0.25) is 5.02 Å². The Morgan fingerprint density at radius 3 is 2.38 bits per heavy atom. The van der Waals surface area contributed by atoms with E-state index in [1.54, 1.807) is 18.2 Å². The predicted molar refractivity (Wildman–Crippen MR) is 109 cm³/mol. The highest BCUT2D eigenvalue weighted by molar-refractivity contribution is 7.97. The Kier molecular flexibility index (Phi) is 5.77. The lowest BCUT2D eigenvalue weighted by Crippen LogP contribution is -2.45. The van der Waals surface area contributed by atoms with E-state index in [1.807, 2.05) is 6.07 Å². The Hall–Kier alpha value is -0.580. The number of anilines is 3. The lowest BCUT2D eigenvalue weighted by molar-refractivity contribution is 0.598. The van der Waals surface area contributed by atoms with Gasteiger partial charge in [0.2, 0.25) is 13.8 Å². The number of hydrogen-bond acceptors (Lipinski definition) is 6. The number of hydrogen-bond donors (Lipinski definition) is 4. The quantitative estimate of drug-likeness (QED) is 0.388. The number of primary sulfonamides is 1. The summed E-state index contributed by atoms with van der Waals surface area (Å²) in [6.45, 7) is 0. The van der Waals surface area contributed by atoms with Gasteiger partial charge in [-0.1, -0.05) is 46.4 Å². The van der Waals surface area contributed by atoms with Crippen molar-refractivity contribution in [2.24, 2.45) is 5.14 Å². The first-order valence-electron chi connectivity index (χ1n) is 7.03. The number of fused-ring (bicyclic) bond motifs is 1. The molecule has 26 heavy (non-hydrogen) atoms. The summed E-state index contributed by atoms with van der Waals surface area (Å²) in [4.78, 5) is 0.879. The second-order valence-electron chi connectivity index (χ2n) is 5.36. The third-order valence-corrected chi connectivity index (χ3v) is 6.25. The zero-order chi connectivity index (χ0) is 19.1. The second kappa shape index (κ2) is 7.44. The van der Waals surface area contributed by atoms with Crippen molar-refractivity contribution in [3.63, 3.8) is 0 Å². The molecule has 12 heteroatoms. The van der Waals surface area contributed by atoms with Gasteiger partial charge in [-0.2, -0.15) is 0 Å². The number of halogens is 4. The summed E-state index contributed by atoms with van der Waals surface area (Å²) < 4.78 is 24.1. The molecule has 0 bridgehead atoms. The van der Waals surface area contributed by atoms with Gasteiger partial charge < -0.3 is 10.6 Å². The standard InChI is InChI=1S/C14H12Cl4N4O2S2/c15-9-5-11-12(25-22-13(21-11)14(16,17)18)6-10(9)20-7-1-3-8(4-2-7)26(19,23)24/h1-6,13,20-22H,(H2,19,23,24). The van der Waals surface area contributed by atoms with E-state index in [2.05, 4.69) is 15.4 Å². The summed E-state index contributed by atoms with van der Waals surface area (Å²) in [5.41, 5.74) is 2.02. The number of rotatable bonds is 3. The minimum absolute atomic E-state index is 0.0290. The van der Waals surface area contributed by atoms with Crippen LogP contribution in [0, 0.1) is 0 Å². The van der Waals surface area contributed by atoms with Crippen molar-refractivity contribution in [2.75, 3.05) is 10.6 Å². The molecule has 2 aromatic carbocycles. The number of nitrogens with two attached hydrogens (primary N) is 1. The van der Waals surface area contributed by atoms with Crippen LogP contribution in [0.1, 0.15) is 0 Å². The Balaban J connectivity index is 1.82. The molecule has 1 aliphatic heterocycles. The highest BCUT2D eigenvalue weighted by Gasteiger charge is 2.35. The molecule has 0 aromatic heterocycles. The summed E-state index contributed by atoms with van der Waals surface area (Å²) in [6.07, 6.45) is -0.578. The number of benzene rings is 2. The first-order valence-corrected chi connectivity index (χ1v) is 10.9. The van der Waals surface area contributed by atoms with Crippen molar-refractivity contribution in [1.29, 1.82) is 0 Å². The summed E-state index contributed by atoms with van der Waals surface area (Å²) >= 11 is 25.3. The van der Waals surface area contributed by atoms with E-state index in [-0.39, 0.29) is 4.90 Å². The third kappa shape index (κ3) is 4.63. The molecule has 0 aliphatic carbocycles. The average molecular weight is 474 g/mol. The first-order chi connectivity index (χ1) is 12.0. The zero-order valence-corrected chi connectivity index (χ0v) is 17.4. The fraction of sp³-hybridized carbons (Fsp3) is 0.143. The summed E-state index contributed by atoms with van der Waals surface area (Å²) in [5, 5.41) is 11.7. The van der Waals surface area contributed by atoms with E-state index in [9.17, 15) is 8.42 Å². The van der Waals surface area contributed by atoms with Crippen molar-refractivity contribution in [1.82, 2.24) is 4.72 Å². The van der Waals surface area contributed by atoms with Gasteiger partial charge in [-0.3, -0.25) is 0 Å². The Morgan fingerprint density at radius 2 is 1.81 bits per heavy atom. The topological polar surface area (TPSA) is 96.2 Å². The molecule has 1 atom stereocenters. The monoisotopic (exact) mass is 472 g/mol. The van der Waals surface area contributed by atoms with Gasteiger partial charge in [-0.25, -0.2) is 18.3 Å². The molecule has 0 amide bonds. The van der Waals surface area contributed by atoms with Gasteiger partial charge in [0.05, 0.1) is 21.3 Å². The maximum atomic E-state index is 11.3. The van der Waals surface area contributed by atoms with E-state index in [1.165, 1.54) is 24.1 Å². The molecule has 6 nitrogen and oxygen atoms in total. The Labute approximate surface area is 174 Å². The second-order valence-corrected chi connectivity index (χ2v) is 10.6. The lowest BCUT2D eigenvalue weighted by Gasteiger charge is -2.32. The van der Waals surface area contributed by atoms with E-state index < -0.39 is 20.0 Å². The molecule has 1 aliphatic rings. The van der Waals surface area contributed by atoms with E-state index >= 15 is 0 Å². The van der Waals surface area contributed by atoms with Crippen LogP contribution >= 0.6 is 58.4 Å². The number of sulfonamides is 1. The largest absolute Gasteiger partial charge is 0.365 e. The Morgan fingerprint density at radius 1 is 1.15 bits per heavy atom. The average Bonchev–Trinajstić information content (AvgIpc) is 2.54. The van der Waals surface area contributed by atoms with Crippen molar-refractivity contribution in [2.45, 2.75) is 19.7 Å². The van der Waals surface area contributed by atoms with Crippen molar-refractivity contribution < 1.29 is 8.42 Å². The van der Waals surface area contributed by atoms with Crippen LogP contribution in [0.25, 0.3) is 0 Å². The molecule has 0 saturated carbocycles. The minimum Gasteiger partial charge on any atom is -0.365 e. The molecular weight excluding hydrogens is 462 g/mol. The van der Waals surface area contributed by atoms with Gasteiger partial charge in [0.25, 0.3) is 0 Å². The maximum Gasteiger partial charge on any atom is 0.238 e. The highest BCUT2D eigenvalue weighted by atomic mass is 35.6. The normalized spacial score (nSPS) is 17.3. The molecule has 2 aromatic rings. The molecular formula is C14H12Cl4N4O2S2. The molecule has 1 heterocycles. The van der Waals surface area contributed by atoms with Gasteiger partial charge in [-0.05, 0) is 48.3 Å². The summed E-state index contributed by atoms with van der Waals surface area (Å²) in [6, 6.07) is 9.55. The Bertz CT molecular complexity index is 933. The molecule has 0 spiro atoms. The van der Waals surface area contributed by atoms with E-state index in [0.29, 0.717) is 16.4 Å². The lowest BCUT2D eigenvalue weighted by atomic mass is 10.2. The van der Waals surface area contributed by atoms with Gasteiger partial charge in [-0.15, -0.1) is 0 Å². The van der Waals surface area contributed by atoms with Crippen LogP contribution in [-0.2, 0) is 10.0 Å². The number of alkyl halides is 3. The molecule has 5 N–H and O–H groups in total. The van der Waals surface area contributed by atoms with Crippen LogP contribution in [0.15, 0.2) is 46.2 Å². The highest BCUT2D eigenvalue weighted by Crippen LogP contribution is 2.42. The third-order valence-electron chi connectivity index (χ3n) is 3.45. The van der Waals surface area contributed by atoms with Gasteiger partial charge in [0.15, 0.2) is 0 Å². The summed E-state index contributed by atoms with van der Waals surface area (Å²) in [5.74, 6) is 0. The fourth-order valence-electron chi connectivity index (χ4n) is 2.19. The smallest absolute Gasteiger partial charge is 0.238 e. The first kappa shape index (κ1) is 20.2. The van der Waals surface area contributed by atoms with Gasteiger partial charge in [0, 0.05) is 10.6 Å². The zero-order valence-electron chi connectivity index (χ0n) is 12.8. The van der Waals surface area contributed by atoms with Crippen LogP contribution < -0.4 is 20.5 Å². The van der Waals surface area contributed by atoms with Crippen LogP contribution in [0.5, 0.6) is 0 Å². The van der Waals surface area contributed by atoms with Gasteiger partial charge in [0.1, 0.15) is 6.17 Å². The summed E-state index contributed by atoms with van der Waals surface area (Å²) in [7, 11) is -3.74. The molecule has 3 rings (SSSR count). The molecule has 1 unspecified atom stereocenters. The van der Waals surface area contributed by atoms with Crippen LogP contribution in [0.3, 0.4) is 0 Å². The maximum absolute atomic E-state index is 11.3. The fourth-order valence-corrected chi connectivity index (χ4v) is 4.32. The molecule has 0 saturated heterocycles. The minimum atomic E-state index is -3.74. The molecule has 0 radical (unpaired) electrons. The van der Waals surface area contributed by atoms with Crippen LogP contribution in [0.4, 0.5) is 17.1 Å². The van der Waals surface area contributed by atoms with E-state index in [4.69, 9.17) is 51.5 Å². The van der Waals surface area contributed by atoms with E-state index in [0.717, 1.165) is 10.6 Å². The van der Waals surface area contributed by atoms with Crippen molar-refractivity contribution in [3.05, 3.63) is 41.4 Å². The van der Waals surface area contributed by atoms with Gasteiger partial charge >= 0.3 is 0 Å². The SMILES string of the molecule is NS(=O)(=O)c1ccc(Nc2cc3c(cc2Cl)NC(C(Cl)(Cl)Cl)NS3)cc1. The van der Waals surface area contributed by atoms with Crippen molar-refractivity contribution in [3.8, 4) is 0 Å². The van der Waals surface area contributed by atoms with Crippen LogP contribution in [-0.4, -0.2) is 18.4 Å². The number of nitrogens with one attached hydrogen (secondary N) is 3. The molecule has 0 fully saturated rings.